The van der Waals surface area contributed by atoms with E-state index in [1.807, 2.05) is 6.92 Å². The van der Waals surface area contributed by atoms with E-state index in [2.05, 4.69) is 18.8 Å². The number of carbonyl (C=O) groups is 1. The van der Waals surface area contributed by atoms with E-state index in [1.165, 1.54) is 18.9 Å². The lowest BCUT2D eigenvalue weighted by atomic mass is 10.2. The monoisotopic (exact) mass is 164 g/mol. The molecule has 0 aromatic rings. The molecular weight excluding hydrogens is 148 g/mol. The maximum absolute atomic E-state index is 10.8. The van der Waals surface area contributed by atoms with Crippen LogP contribution in [0, 0.1) is 11.8 Å². The number of hydrogen-bond donors (Lipinski definition) is 0. The van der Waals surface area contributed by atoms with Gasteiger partial charge in [-0.25, -0.2) is 0 Å². The van der Waals surface area contributed by atoms with Gasteiger partial charge in [-0.3, -0.25) is 4.79 Å². The van der Waals surface area contributed by atoms with Crippen LogP contribution in [-0.4, -0.2) is 5.78 Å². The van der Waals surface area contributed by atoms with Gasteiger partial charge in [0.1, 0.15) is 0 Å². The van der Waals surface area contributed by atoms with E-state index in [0.29, 0.717) is 0 Å². The fourth-order valence-electron chi connectivity index (χ4n) is 0.806. The molecule has 66 valence electrons. The molecule has 12 heavy (non-hydrogen) atoms. The van der Waals surface area contributed by atoms with Gasteiger partial charge in [0.25, 0.3) is 0 Å². The predicted molar refractivity (Wildman–Crippen MR) is 51.7 cm³/mol. The van der Waals surface area contributed by atoms with Crippen molar-refractivity contribution in [2.45, 2.75) is 39.5 Å². The van der Waals surface area contributed by atoms with Crippen molar-refractivity contribution in [3.63, 3.8) is 0 Å². The van der Waals surface area contributed by atoms with Crippen molar-refractivity contribution in [3.8, 4) is 11.8 Å². The average molecular weight is 164 g/mol. The second-order valence-corrected chi connectivity index (χ2v) is 2.62. The van der Waals surface area contributed by atoms with Gasteiger partial charge in [-0.2, -0.15) is 0 Å². The average Bonchev–Trinajstić information content (AvgIpc) is 2.05. The zero-order chi connectivity index (χ0) is 9.23. The fraction of sp³-hybridized carbons (Fsp3) is 0.545. The molecule has 0 amide bonds. The van der Waals surface area contributed by atoms with Crippen LogP contribution < -0.4 is 0 Å². The molecular formula is C11H16O. The first-order valence-corrected chi connectivity index (χ1v) is 4.46. The summed E-state index contributed by atoms with van der Waals surface area (Å²) in [5.41, 5.74) is 0. The molecule has 0 heterocycles. The first kappa shape index (κ1) is 11.0. The Balaban J connectivity index is 3.52. The van der Waals surface area contributed by atoms with Crippen molar-refractivity contribution < 1.29 is 4.79 Å². The van der Waals surface area contributed by atoms with E-state index in [1.54, 1.807) is 6.08 Å². The molecule has 1 heteroatoms. The van der Waals surface area contributed by atoms with Crippen molar-refractivity contribution in [1.29, 1.82) is 0 Å². The quantitative estimate of drug-likeness (QED) is 0.270. The molecule has 0 radical (unpaired) electrons. The van der Waals surface area contributed by atoms with E-state index >= 15 is 0 Å². The minimum Gasteiger partial charge on any atom is -0.280 e. The number of unbranched alkanes of at least 4 members (excludes halogenated alkanes) is 3. The third kappa shape index (κ3) is 7.08. The highest BCUT2D eigenvalue weighted by Crippen LogP contribution is 1.96. The summed E-state index contributed by atoms with van der Waals surface area (Å²) in [4.78, 5) is 10.8. The molecule has 0 spiro atoms. The molecule has 0 unspecified atom stereocenters. The summed E-state index contributed by atoms with van der Waals surface area (Å²) < 4.78 is 0. The zero-order valence-corrected chi connectivity index (χ0v) is 7.89. The van der Waals surface area contributed by atoms with Crippen molar-refractivity contribution in [3.05, 3.63) is 12.2 Å². The Bertz CT molecular complexity index is 203. The van der Waals surface area contributed by atoms with Gasteiger partial charge in [-0.15, -0.1) is 0 Å². The van der Waals surface area contributed by atoms with E-state index < -0.39 is 0 Å². The van der Waals surface area contributed by atoms with Gasteiger partial charge in [0.05, 0.1) is 0 Å². The summed E-state index contributed by atoms with van der Waals surface area (Å²) in [7, 11) is 0. The van der Waals surface area contributed by atoms with Crippen LogP contribution in [0.15, 0.2) is 12.2 Å². The third-order valence-corrected chi connectivity index (χ3v) is 1.43. The smallest absolute Gasteiger partial charge is 0.228 e. The fourth-order valence-corrected chi connectivity index (χ4v) is 0.806. The summed E-state index contributed by atoms with van der Waals surface area (Å²) in [6.07, 6.45) is 7.55. The third-order valence-electron chi connectivity index (χ3n) is 1.43. The van der Waals surface area contributed by atoms with Crippen LogP contribution in [0.2, 0.25) is 0 Å². The van der Waals surface area contributed by atoms with Crippen molar-refractivity contribution >= 4 is 5.78 Å². The van der Waals surface area contributed by atoms with Gasteiger partial charge in [0.15, 0.2) is 0 Å². The lowest BCUT2D eigenvalue weighted by Gasteiger charge is -1.87. The Kier molecular flexibility index (Phi) is 7.38. The van der Waals surface area contributed by atoms with Crippen molar-refractivity contribution in [2.24, 2.45) is 0 Å². The molecule has 0 rings (SSSR count). The molecule has 0 aromatic heterocycles. The van der Waals surface area contributed by atoms with Crippen LogP contribution in [0.3, 0.4) is 0 Å². The van der Waals surface area contributed by atoms with E-state index in [-0.39, 0.29) is 5.78 Å². The summed E-state index contributed by atoms with van der Waals surface area (Å²) >= 11 is 0. The summed E-state index contributed by atoms with van der Waals surface area (Å²) in [5.74, 6) is 5.33. The number of rotatable bonds is 4. The summed E-state index contributed by atoms with van der Waals surface area (Å²) in [6, 6.07) is 0. The Morgan fingerprint density at radius 1 is 1.42 bits per heavy atom. The highest BCUT2D eigenvalue weighted by molar-refractivity contribution is 6.04. The second-order valence-electron chi connectivity index (χ2n) is 2.62. The number of allylic oxidation sites excluding steroid dienone is 2. The van der Waals surface area contributed by atoms with Gasteiger partial charge in [-0.1, -0.05) is 31.8 Å². The van der Waals surface area contributed by atoms with Gasteiger partial charge >= 0.3 is 0 Å². The minimum atomic E-state index is -0.0889. The van der Waals surface area contributed by atoms with E-state index in [0.717, 1.165) is 12.8 Å². The van der Waals surface area contributed by atoms with Crippen LogP contribution in [0.25, 0.3) is 0 Å². The van der Waals surface area contributed by atoms with Gasteiger partial charge in [0.2, 0.25) is 5.78 Å². The van der Waals surface area contributed by atoms with Gasteiger partial charge in [0, 0.05) is 6.42 Å². The molecule has 0 saturated heterocycles. The molecule has 0 N–H and O–H groups in total. The number of ketones is 1. The molecule has 0 aliphatic heterocycles. The largest absolute Gasteiger partial charge is 0.280 e. The van der Waals surface area contributed by atoms with E-state index in [9.17, 15) is 4.79 Å². The van der Waals surface area contributed by atoms with Crippen molar-refractivity contribution in [1.82, 2.24) is 0 Å². The molecule has 0 bridgehead atoms. The van der Waals surface area contributed by atoms with Crippen LogP contribution in [0.5, 0.6) is 0 Å². The lowest BCUT2D eigenvalue weighted by Crippen LogP contribution is -1.84. The minimum absolute atomic E-state index is 0.0889. The summed E-state index contributed by atoms with van der Waals surface area (Å²) in [6.45, 7) is 3.97. The van der Waals surface area contributed by atoms with Gasteiger partial charge in [-0.05, 0) is 25.3 Å². The number of hydrogen-bond acceptors (Lipinski definition) is 1. The van der Waals surface area contributed by atoms with Crippen LogP contribution >= 0.6 is 0 Å². The first-order chi connectivity index (χ1) is 5.81. The Morgan fingerprint density at radius 2 is 2.17 bits per heavy atom. The Hall–Kier alpha value is -1.03. The molecule has 0 saturated carbocycles. The maximum Gasteiger partial charge on any atom is 0.228 e. The Morgan fingerprint density at radius 3 is 2.75 bits per heavy atom. The predicted octanol–water partition coefficient (Wildman–Crippen LogP) is 2.72. The van der Waals surface area contributed by atoms with Crippen molar-refractivity contribution in [2.75, 3.05) is 0 Å². The van der Waals surface area contributed by atoms with Crippen LogP contribution in [0.4, 0.5) is 0 Å². The van der Waals surface area contributed by atoms with Gasteiger partial charge < -0.3 is 0 Å². The molecule has 0 aromatic carbocycles. The highest BCUT2D eigenvalue weighted by Gasteiger charge is 1.85. The normalized spacial score (nSPS) is 9.50. The summed E-state index contributed by atoms with van der Waals surface area (Å²) in [5, 5.41) is 0. The highest BCUT2D eigenvalue weighted by atomic mass is 16.1. The molecule has 0 aliphatic rings. The standard InChI is InChI=1S/C11H16O/c1-3-5-6-7-8-10-11(12)9-4-2/h4,9H,3,5-7H2,1-2H3. The molecule has 0 aliphatic carbocycles. The van der Waals surface area contributed by atoms with E-state index in [4.69, 9.17) is 0 Å². The second kappa shape index (κ2) is 8.07. The van der Waals surface area contributed by atoms with Crippen LogP contribution in [0.1, 0.15) is 39.5 Å². The maximum atomic E-state index is 10.8. The SMILES string of the molecule is CC=CC(=O)C#CCCCCC. The topological polar surface area (TPSA) is 17.1 Å². The number of carbonyl (C=O) groups excluding carboxylic acids is 1. The van der Waals surface area contributed by atoms with Crippen LogP contribution in [-0.2, 0) is 4.79 Å². The molecule has 0 atom stereocenters. The first-order valence-electron chi connectivity index (χ1n) is 4.46. The lowest BCUT2D eigenvalue weighted by molar-refractivity contribution is -0.109. The molecule has 0 fully saturated rings. The Labute approximate surface area is 74.9 Å². The zero-order valence-electron chi connectivity index (χ0n) is 7.89. The molecule has 1 nitrogen and oxygen atoms in total.